The highest BCUT2D eigenvalue weighted by Crippen LogP contribution is 2.32. The first-order valence-electron chi connectivity index (χ1n) is 6.24. The van der Waals surface area contributed by atoms with Gasteiger partial charge in [0.15, 0.2) is 9.84 Å². The van der Waals surface area contributed by atoms with Gasteiger partial charge in [0.25, 0.3) is 0 Å². The van der Waals surface area contributed by atoms with Crippen molar-refractivity contribution >= 4 is 31.5 Å². The van der Waals surface area contributed by atoms with Crippen LogP contribution in [0.4, 0.5) is 5.69 Å². The Labute approximate surface area is 117 Å². The van der Waals surface area contributed by atoms with Gasteiger partial charge in [0.2, 0.25) is 0 Å². The number of halogens is 1. The van der Waals surface area contributed by atoms with Crippen LogP contribution in [0, 0.1) is 0 Å². The monoisotopic (exact) mass is 331 g/mol. The van der Waals surface area contributed by atoms with E-state index in [1.807, 2.05) is 12.1 Å². The molecule has 1 aromatic rings. The van der Waals surface area contributed by atoms with Gasteiger partial charge < -0.3 is 4.90 Å². The zero-order chi connectivity index (χ0) is 13.2. The molecule has 18 heavy (non-hydrogen) atoms. The largest absolute Gasteiger partial charge is 0.367 e. The van der Waals surface area contributed by atoms with E-state index in [0.717, 1.165) is 30.4 Å². The van der Waals surface area contributed by atoms with E-state index in [1.54, 1.807) is 19.1 Å². The molecule has 5 heteroatoms. The van der Waals surface area contributed by atoms with Crippen LogP contribution in [0.5, 0.6) is 0 Å². The topological polar surface area (TPSA) is 37.4 Å². The van der Waals surface area contributed by atoms with E-state index in [9.17, 15) is 8.42 Å². The Morgan fingerprint density at radius 3 is 2.78 bits per heavy atom. The lowest BCUT2D eigenvalue weighted by molar-refractivity contribution is 0.596. The summed E-state index contributed by atoms with van der Waals surface area (Å²) in [6.45, 7) is 2.63. The maximum atomic E-state index is 12.1. The fraction of sp³-hybridized carbons (Fsp3) is 0.538. The van der Waals surface area contributed by atoms with Crippen LogP contribution in [0.15, 0.2) is 29.2 Å². The minimum atomic E-state index is -3.15. The number of para-hydroxylation sites is 1. The maximum absolute atomic E-state index is 12.1. The van der Waals surface area contributed by atoms with Crippen molar-refractivity contribution in [3.8, 4) is 0 Å². The number of alkyl halides is 1. The minimum absolute atomic E-state index is 0.150. The summed E-state index contributed by atoms with van der Waals surface area (Å²) in [4.78, 5) is 2.69. The fourth-order valence-electron chi connectivity index (χ4n) is 2.43. The second kappa shape index (κ2) is 5.61. The number of sulfone groups is 1. The third kappa shape index (κ3) is 2.57. The molecule has 100 valence electrons. The maximum Gasteiger partial charge on any atom is 0.180 e. The second-order valence-electron chi connectivity index (χ2n) is 4.51. The average Bonchev–Trinajstić information content (AvgIpc) is 2.87. The lowest BCUT2D eigenvalue weighted by Gasteiger charge is -2.27. The summed E-state index contributed by atoms with van der Waals surface area (Å²) < 4.78 is 24.3. The number of hydrogen-bond donors (Lipinski definition) is 0. The molecule has 0 spiro atoms. The highest BCUT2D eigenvalue weighted by molar-refractivity contribution is 9.09. The molecule has 0 radical (unpaired) electrons. The Morgan fingerprint density at radius 1 is 1.39 bits per heavy atom. The van der Waals surface area contributed by atoms with Crippen LogP contribution < -0.4 is 4.90 Å². The van der Waals surface area contributed by atoms with Gasteiger partial charge in [0.1, 0.15) is 0 Å². The van der Waals surface area contributed by atoms with Crippen molar-refractivity contribution in [2.45, 2.75) is 30.7 Å². The van der Waals surface area contributed by atoms with E-state index in [-0.39, 0.29) is 5.75 Å². The Hall–Kier alpha value is -0.550. The minimum Gasteiger partial charge on any atom is -0.367 e. The molecule has 1 heterocycles. The van der Waals surface area contributed by atoms with Gasteiger partial charge in [-0.3, -0.25) is 0 Å². The van der Waals surface area contributed by atoms with Crippen molar-refractivity contribution in [1.82, 2.24) is 0 Å². The molecule has 0 bridgehead atoms. The average molecular weight is 332 g/mol. The van der Waals surface area contributed by atoms with Crippen LogP contribution in [0.3, 0.4) is 0 Å². The van der Waals surface area contributed by atoms with Gasteiger partial charge in [0.05, 0.1) is 16.3 Å². The van der Waals surface area contributed by atoms with Crippen LogP contribution >= 0.6 is 15.9 Å². The zero-order valence-corrected chi connectivity index (χ0v) is 12.9. The Morgan fingerprint density at radius 2 is 2.11 bits per heavy atom. The van der Waals surface area contributed by atoms with E-state index < -0.39 is 9.84 Å². The number of rotatable bonds is 4. The van der Waals surface area contributed by atoms with E-state index in [1.165, 1.54) is 0 Å². The molecule has 0 aliphatic carbocycles. The SMILES string of the molecule is CCS(=O)(=O)c1ccccc1N1CCCC1CBr. The molecule has 2 rings (SSSR count). The van der Waals surface area contributed by atoms with E-state index in [2.05, 4.69) is 20.8 Å². The molecule has 0 saturated carbocycles. The molecular weight excluding hydrogens is 314 g/mol. The first-order valence-corrected chi connectivity index (χ1v) is 9.02. The van der Waals surface area contributed by atoms with Gasteiger partial charge >= 0.3 is 0 Å². The van der Waals surface area contributed by atoms with E-state index in [4.69, 9.17) is 0 Å². The van der Waals surface area contributed by atoms with Crippen molar-refractivity contribution in [2.24, 2.45) is 0 Å². The van der Waals surface area contributed by atoms with Crippen LogP contribution in [0.1, 0.15) is 19.8 Å². The van der Waals surface area contributed by atoms with Gasteiger partial charge in [-0.05, 0) is 25.0 Å². The molecule has 0 amide bonds. The highest BCUT2D eigenvalue weighted by atomic mass is 79.9. The van der Waals surface area contributed by atoms with Crippen LogP contribution in [0.25, 0.3) is 0 Å². The molecule has 3 nitrogen and oxygen atoms in total. The first-order chi connectivity index (χ1) is 8.60. The standard InChI is InChI=1S/C13H18BrNO2S/c1-2-18(16,17)13-8-4-3-7-12(13)15-9-5-6-11(15)10-14/h3-4,7-8,11H,2,5-6,9-10H2,1H3. The fourth-order valence-corrected chi connectivity index (χ4v) is 4.20. The molecule has 1 unspecified atom stereocenters. The second-order valence-corrected chi connectivity index (χ2v) is 7.41. The van der Waals surface area contributed by atoms with Crippen LogP contribution in [0.2, 0.25) is 0 Å². The first kappa shape index (κ1) is 13.9. The van der Waals surface area contributed by atoms with Gasteiger partial charge in [0, 0.05) is 17.9 Å². The number of benzene rings is 1. The normalized spacial score (nSPS) is 20.3. The predicted octanol–water partition coefficient (Wildman–Crippen LogP) is 2.84. The number of hydrogen-bond acceptors (Lipinski definition) is 3. The summed E-state index contributed by atoms with van der Waals surface area (Å²) in [5.74, 6) is 0.150. The van der Waals surface area contributed by atoms with Crippen molar-refractivity contribution in [3.63, 3.8) is 0 Å². The number of nitrogens with zero attached hydrogens (tertiary/aromatic N) is 1. The molecular formula is C13H18BrNO2S. The summed E-state index contributed by atoms with van der Waals surface area (Å²) in [7, 11) is -3.15. The quantitative estimate of drug-likeness (QED) is 0.796. The molecule has 1 saturated heterocycles. The lowest BCUT2D eigenvalue weighted by atomic mass is 10.2. The third-order valence-corrected chi connectivity index (χ3v) is 5.97. The van der Waals surface area contributed by atoms with Crippen molar-refractivity contribution in [1.29, 1.82) is 0 Å². The summed E-state index contributed by atoms with van der Waals surface area (Å²) in [6, 6.07) is 7.75. The molecule has 1 fully saturated rings. The Bertz CT molecular complexity index is 515. The van der Waals surface area contributed by atoms with Crippen LogP contribution in [-0.2, 0) is 9.84 Å². The van der Waals surface area contributed by atoms with Gasteiger partial charge in [-0.25, -0.2) is 8.42 Å². The molecule has 1 aliphatic rings. The van der Waals surface area contributed by atoms with E-state index >= 15 is 0 Å². The summed E-state index contributed by atoms with van der Waals surface area (Å²) in [5, 5.41) is 0.882. The highest BCUT2D eigenvalue weighted by Gasteiger charge is 2.28. The van der Waals surface area contributed by atoms with Crippen LogP contribution in [-0.4, -0.2) is 32.1 Å². The molecule has 0 aromatic heterocycles. The summed E-state index contributed by atoms with van der Waals surface area (Å²) in [5.41, 5.74) is 0.862. The van der Waals surface area contributed by atoms with Crippen molar-refractivity contribution in [2.75, 3.05) is 22.5 Å². The third-order valence-electron chi connectivity index (χ3n) is 3.45. The smallest absolute Gasteiger partial charge is 0.180 e. The zero-order valence-electron chi connectivity index (χ0n) is 10.5. The Balaban J connectivity index is 2.45. The van der Waals surface area contributed by atoms with Gasteiger partial charge in [-0.1, -0.05) is 35.0 Å². The summed E-state index contributed by atoms with van der Waals surface area (Å²) in [6.07, 6.45) is 2.24. The molecule has 1 aromatic carbocycles. The van der Waals surface area contributed by atoms with E-state index in [0.29, 0.717) is 10.9 Å². The van der Waals surface area contributed by atoms with Crippen molar-refractivity contribution < 1.29 is 8.42 Å². The Kier molecular flexibility index (Phi) is 4.33. The predicted molar refractivity (Wildman–Crippen MR) is 78.3 cm³/mol. The number of anilines is 1. The van der Waals surface area contributed by atoms with Crippen molar-refractivity contribution in [3.05, 3.63) is 24.3 Å². The van der Waals surface area contributed by atoms with Gasteiger partial charge in [-0.15, -0.1) is 0 Å². The summed E-state index contributed by atoms with van der Waals surface area (Å²) >= 11 is 3.51. The molecule has 1 atom stereocenters. The molecule has 1 aliphatic heterocycles. The lowest BCUT2D eigenvalue weighted by Crippen LogP contribution is -2.31. The molecule has 0 N–H and O–H groups in total. The van der Waals surface area contributed by atoms with Gasteiger partial charge in [-0.2, -0.15) is 0 Å².